The van der Waals surface area contributed by atoms with Crippen LogP contribution in [0.4, 0.5) is 10.1 Å². The Morgan fingerprint density at radius 1 is 1.41 bits per heavy atom. The third-order valence-corrected chi connectivity index (χ3v) is 3.05. The number of aliphatic hydroxyl groups is 1. The van der Waals surface area contributed by atoms with Gasteiger partial charge in [-0.15, -0.1) is 0 Å². The second-order valence-corrected chi connectivity index (χ2v) is 4.20. The molecule has 0 aromatic heterocycles. The van der Waals surface area contributed by atoms with E-state index in [2.05, 4.69) is 5.32 Å². The maximum Gasteiger partial charge on any atom is 0.146 e. The summed E-state index contributed by atoms with van der Waals surface area (Å²) >= 11 is 0. The third-order valence-electron chi connectivity index (χ3n) is 3.05. The van der Waals surface area contributed by atoms with Crippen molar-refractivity contribution in [3.05, 3.63) is 29.6 Å². The van der Waals surface area contributed by atoms with Gasteiger partial charge in [0.1, 0.15) is 5.82 Å². The lowest BCUT2D eigenvalue weighted by Crippen LogP contribution is -2.44. The molecule has 0 amide bonds. The van der Waals surface area contributed by atoms with Gasteiger partial charge in [0.05, 0.1) is 18.3 Å². The first-order valence-electron chi connectivity index (χ1n) is 5.84. The Hall–Kier alpha value is -1.17. The molecule has 5 heteroatoms. The first-order valence-corrected chi connectivity index (χ1v) is 5.84. The molecule has 0 radical (unpaired) electrons. The van der Waals surface area contributed by atoms with E-state index in [9.17, 15) is 4.39 Å². The fourth-order valence-corrected chi connectivity index (χ4v) is 2.15. The van der Waals surface area contributed by atoms with Gasteiger partial charge in [0, 0.05) is 26.2 Å². The molecule has 0 bridgehead atoms. The summed E-state index contributed by atoms with van der Waals surface area (Å²) in [4.78, 5) is 1.98. The summed E-state index contributed by atoms with van der Waals surface area (Å²) in [5.74, 6) is -0.270. The van der Waals surface area contributed by atoms with Crippen LogP contribution in [-0.2, 0) is 0 Å². The van der Waals surface area contributed by atoms with Crippen LogP contribution < -0.4 is 16.0 Å². The second kappa shape index (κ2) is 5.44. The van der Waals surface area contributed by atoms with Gasteiger partial charge in [-0.3, -0.25) is 0 Å². The summed E-state index contributed by atoms with van der Waals surface area (Å²) in [6.07, 6.45) is 0. The Kier molecular flexibility index (Phi) is 3.93. The summed E-state index contributed by atoms with van der Waals surface area (Å²) in [7, 11) is 0. The number of aliphatic hydroxyl groups excluding tert-OH is 1. The van der Waals surface area contributed by atoms with E-state index in [1.165, 1.54) is 6.07 Å². The van der Waals surface area contributed by atoms with Crippen LogP contribution in [0.1, 0.15) is 11.6 Å². The van der Waals surface area contributed by atoms with Crippen molar-refractivity contribution in [2.24, 2.45) is 5.73 Å². The molecular formula is C12H18FN3O. The summed E-state index contributed by atoms with van der Waals surface area (Å²) in [5.41, 5.74) is 7.02. The number of para-hydroxylation sites is 1. The van der Waals surface area contributed by atoms with Crippen molar-refractivity contribution in [2.75, 3.05) is 37.7 Å². The molecule has 1 atom stereocenters. The van der Waals surface area contributed by atoms with E-state index in [0.717, 1.165) is 26.2 Å². The normalized spacial score (nSPS) is 18.2. The molecule has 0 saturated carbocycles. The molecule has 1 aliphatic heterocycles. The molecule has 1 fully saturated rings. The van der Waals surface area contributed by atoms with Crippen molar-refractivity contribution in [1.29, 1.82) is 0 Å². The quantitative estimate of drug-likeness (QED) is 0.706. The average Bonchev–Trinajstić information content (AvgIpc) is 2.38. The van der Waals surface area contributed by atoms with Crippen LogP contribution in [0.5, 0.6) is 0 Å². The van der Waals surface area contributed by atoms with Gasteiger partial charge < -0.3 is 21.1 Å². The molecule has 1 aliphatic rings. The Labute approximate surface area is 100 Å². The number of anilines is 1. The lowest BCUT2D eigenvalue weighted by molar-refractivity contribution is 0.268. The molecule has 1 saturated heterocycles. The maximum absolute atomic E-state index is 13.9. The van der Waals surface area contributed by atoms with E-state index in [0.29, 0.717) is 11.3 Å². The number of hydrogen-bond acceptors (Lipinski definition) is 4. The highest BCUT2D eigenvalue weighted by atomic mass is 19.1. The number of nitrogens with two attached hydrogens (primary N) is 1. The van der Waals surface area contributed by atoms with Gasteiger partial charge in [-0.1, -0.05) is 12.1 Å². The predicted molar refractivity (Wildman–Crippen MR) is 65.5 cm³/mol. The summed E-state index contributed by atoms with van der Waals surface area (Å²) in [5, 5.41) is 12.3. The largest absolute Gasteiger partial charge is 0.394 e. The molecule has 1 aromatic rings. The smallest absolute Gasteiger partial charge is 0.146 e. The molecular weight excluding hydrogens is 221 g/mol. The van der Waals surface area contributed by atoms with Crippen LogP contribution in [0, 0.1) is 5.82 Å². The highest BCUT2D eigenvalue weighted by Crippen LogP contribution is 2.28. The number of rotatable bonds is 3. The number of hydrogen-bond donors (Lipinski definition) is 3. The molecule has 0 aliphatic carbocycles. The number of piperazine rings is 1. The minimum Gasteiger partial charge on any atom is -0.394 e. The van der Waals surface area contributed by atoms with E-state index in [1.807, 2.05) is 4.90 Å². The molecule has 1 aromatic carbocycles. The molecule has 0 spiro atoms. The molecule has 17 heavy (non-hydrogen) atoms. The van der Waals surface area contributed by atoms with Gasteiger partial charge in [-0.05, 0) is 11.6 Å². The minimum absolute atomic E-state index is 0.178. The highest BCUT2D eigenvalue weighted by Gasteiger charge is 2.20. The van der Waals surface area contributed by atoms with E-state index in [4.69, 9.17) is 10.8 Å². The van der Waals surface area contributed by atoms with Gasteiger partial charge in [0.2, 0.25) is 0 Å². The Morgan fingerprint density at radius 3 is 2.76 bits per heavy atom. The van der Waals surface area contributed by atoms with Crippen molar-refractivity contribution in [2.45, 2.75) is 6.04 Å². The van der Waals surface area contributed by atoms with Crippen LogP contribution in [-0.4, -0.2) is 37.9 Å². The molecule has 4 nitrogen and oxygen atoms in total. The van der Waals surface area contributed by atoms with Gasteiger partial charge in [-0.2, -0.15) is 0 Å². The molecule has 4 N–H and O–H groups in total. The zero-order valence-corrected chi connectivity index (χ0v) is 9.69. The second-order valence-electron chi connectivity index (χ2n) is 4.20. The summed E-state index contributed by atoms with van der Waals surface area (Å²) in [6.45, 7) is 3.00. The van der Waals surface area contributed by atoms with Crippen molar-refractivity contribution in [3.8, 4) is 0 Å². The average molecular weight is 239 g/mol. The lowest BCUT2D eigenvalue weighted by atomic mass is 10.0. The third kappa shape index (κ3) is 2.57. The minimum atomic E-state index is -0.532. The van der Waals surface area contributed by atoms with E-state index in [1.54, 1.807) is 12.1 Å². The Morgan fingerprint density at radius 2 is 2.12 bits per heavy atom. The Bertz CT molecular complexity index is 380. The van der Waals surface area contributed by atoms with E-state index < -0.39 is 6.04 Å². The van der Waals surface area contributed by atoms with Crippen molar-refractivity contribution in [1.82, 2.24) is 5.32 Å². The van der Waals surface area contributed by atoms with Crippen LogP contribution in [0.3, 0.4) is 0 Å². The number of halogens is 1. The zero-order valence-electron chi connectivity index (χ0n) is 9.69. The van der Waals surface area contributed by atoms with Gasteiger partial charge in [-0.25, -0.2) is 4.39 Å². The number of benzene rings is 1. The van der Waals surface area contributed by atoms with Crippen LogP contribution in [0.2, 0.25) is 0 Å². The zero-order chi connectivity index (χ0) is 12.3. The van der Waals surface area contributed by atoms with Crippen LogP contribution >= 0.6 is 0 Å². The van der Waals surface area contributed by atoms with Gasteiger partial charge >= 0.3 is 0 Å². The van der Waals surface area contributed by atoms with E-state index in [-0.39, 0.29) is 12.4 Å². The predicted octanol–water partition coefficient (Wildman–Crippen LogP) is 0.227. The van der Waals surface area contributed by atoms with Crippen molar-refractivity contribution in [3.63, 3.8) is 0 Å². The fraction of sp³-hybridized carbons (Fsp3) is 0.500. The van der Waals surface area contributed by atoms with E-state index >= 15 is 0 Å². The first kappa shape index (κ1) is 12.3. The van der Waals surface area contributed by atoms with Crippen molar-refractivity contribution >= 4 is 5.69 Å². The Balaban J connectivity index is 2.35. The van der Waals surface area contributed by atoms with Crippen LogP contribution in [0.15, 0.2) is 18.2 Å². The lowest BCUT2D eigenvalue weighted by Gasteiger charge is -2.32. The van der Waals surface area contributed by atoms with Gasteiger partial charge in [0.15, 0.2) is 0 Å². The SMILES string of the molecule is N[C@H](CO)c1cccc(F)c1N1CCNCC1. The number of nitrogens with one attached hydrogen (secondary N) is 1. The highest BCUT2D eigenvalue weighted by molar-refractivity contribution is 5.56. The topological polar surface area (TPSA) is 61.5 Å². The van der Waals surface area contributed by atoms with Crippen molar-refractivity contribution < 1.29 is 9.50 Å². The molecule has 1 heterocycles. The maximum atomic E-state index is 13.9. The molecule has 94 valence electrons. The standard InChI is InChI=1S/C12H18FN3O/c13-10-3-1-2-9(11(14)8-17)12(10)16-6-4-15-5-7-16/h1-3,11,15,17H,4-8,14H2/t11-/m1/s1. The summed E-state index contributed by atoms with van der Waals surface area (Å²) < 4.78 is 13.9. The first-order chi connectivity index (χ1) is 8.24. The monoisotopic (exact) mass is 239 g/mol. The fourth-order valence-electron chi connectivity index (χ4n) is 2.15. The van der Waals surface area contributed by atoms with Crippen LogP contribution in [0.25, 0.3) is 0 Å². The summed E-state index contributed by atoms with van der Waals surface area (Å²) in [6, 6.07) is 4.31. The van der Waals surface area contributed by atoms with Gasteiger partial charge in [0.25, 0.3) is 0 Å². The molecule has 2 rings (SSSR count). The number of nitrogens with zero attached hydrogens (tertiary/aromatic N) is 1. The molecule has 0 unspecified atom stereocenters.